The minimum Gasteiger partial charge on any atom is -0.459 e. The normalized spacial score (nSPS) is 12.7. The first-order chi connectivity index (χ1) is 8.65. The zero-order valence-corrected chi connectivity index (χ0v) is 12.5. The summed E-state index contributed by atoms with van der Waals surface area (Å²) in [6.45, 7) is 4.22. The predicted molar refractivity (Wildman–Crippen MR) is 78.7 cm³/mol. The van der Waals surface area contributed by atoms with Gasteiger partial charge in [0.05, 0.1) is 6.04 Å². The maximum atomic E-state index is 5.94. The Morgan fingerprint density at radius 3 is 2.67 bits per heavy atom. The number of benzene rings is 1. The Labute approximate surface area is 117 Å². The van der Waals surface area contributed by atoms with Crippen LogP contribution in [0, 0.1) is 6.92 Å². The van der Waals surface area contributed by atoms with E-state index in [0.29, 0.717) is 0 Å². The molecule has 0 saturated heterocycles. The van der Waals surface area contributed by atoms with E-state index in [9.17, 15) is 0 Å². The summed E-state index contributed by atoms with van der Waals surface area (Å²) in [5.41, 5.74) is 2.33. The second kappa shape index (κ2) is 5.72. The minimum atomic E-state index is 0.281. The van der Waals surface area contributed by atoms with E-state index in [2.05, 4.69) is 53.3 Å². The molecule has 0 spiro atoms. The number of rotatable bonds is 4. The molecular weight excluding hydrogens is 290 g/mol. The fourth-order valence-electron chi connectivity index (χ4n) is 2.05. The highest BCUT2D eigenvalue weighted by Gasteiger charge is 2.13. The van der Waals surface area contributed by atoms with Crippen molar-refractivity contribution >= 4 is 15.9 Å². The lowest BCUT2D eigenvalue weighted by Crippen LogP contribution is -2.14. The quantitative estimate of drug-likeness (QED) is 0.886. The van der Waals surface area contributed by atoms with Gasteiger partial charge < -0.3 is 9.73 Å². The molecule has 0 radical (unpaired) electrons. The Kier molecular flexibility index (Phi) is 4.25. The Morgan fingerprint density at radius 1 is 1.28 bits per heavy atom. The molecule has 1 N–H and O–H groups in total. The Balaban J connectivity index is 2.34. The Hall–Kier alpha value is -1.06. The predicted octanol–water partition coefficient (Wildman–Crippen LogP) is 4.69. The zero-order valence-electron chi connectivity index (χ0n) is 11.0. The van der Waals surface area contributed by atoms with Crippen LogP contribution in [0.1, 0.15) is 30.7 Å². The van der Waals surface area contributed by atoms with E-state index in [1.807, 2.05) is 19.2 Å². The topological polar surface area (TPSA) is 25.2 Å². The molecule has 0 aliphatic carbocycles. The molecule has 1 heterocycles. The van der Waals surface area contributed by atoms with Crippen molar-refractivity contribution in [3.8, 4) is 11.3 Å². The largest absolute Gasteiger partial charge is 0.459 e. The van der Waals surface area contributed by atoms with Crippen LogP contribution >= 0.6 is 15.9 Å². The van der Waals surface area contributed by atoms with E-state index in [0.717, 1.165) is 28.0 Å². The standard InChI is InChI=1S/C15H18BrNO/c1-4-13(17-3)15-8-7-14(18-15)11-6-5-10(2)9-12(11)16/h5-9,13,17H,4H2,1-3H3. The molecular formula is C15H18BrNO. The van der Waals surface area contributed by atoms with Gasteiger partial charge in [0.15, 0.2) is 0 Å². The van der Waals surface area contributed by atoms with Crippen molar-refractivity contribution in [3.63, 3.8) is 0 Å². The molecule has 3 heteroatoms. The van der Waals surface area contributed by atoms with Crippen molar-refractivity contribution in [1.82, 2.24) is 5.32 Å². The lowest BCUT2D eigenvalue weighted by atomic mass is 10.1. The number of furan rings is 1. The first kappa shape index (κ1) is 13.4. The number of aryl methyl sites for hydroxylation is 1. The van der Waals surface area contributed by atoms with Gasteiger partial charge in [0.2, 0.25) is 0 Å². The summed E-state index contributed by atoms with van der Waals surface area (Å²) in [7, 11) is 1.96. The molecule has 0 bridgehead atoms. The van der Waals surface area contributed by atoms with Gasteiger partial charge in [-0.15, -0.1) is 0 Å². The van der Waals surface area contributed by atoms with Crippen molar-refractivity contribution in [2.75, 3.05) is 7.05 Å². The average molecular weight is 308 g/mol. The minimum absolute atomic E-state index is 0.281. The second-order valence-corrected chi connectivity index (χ2v) is 5.29. The molecule has 18 heavy (non-hydrogen) atoms. The third-order valence-electron chi connectivity index (χ3n) is 3.12. The summed E-state index contributed by atoms with van der Waals surface area (Å²) < 4.78 is 7.01. The molecule has 0 fully saturated rings. The monoisotopic (exact) mass is 307 g/mol. The molecule has 2 aromatic rings. The first-order valence-corrected chi connectivity index (χ1v) is 6.98. The van der Waals surface area contributed by atoms with Crippen LogP contribution in [0.4, 0.5) is 0 Å². The molecule has 1 atom stereocenters. The van der Waals surface area contributed by atoms with Gasteiger partial charge in [-0.1, -0.05) is 28.9 Å². The van der Waals surface area contributed by atoms with Crippen molar-refractivity contribution in [2.45, 2.75) is 26.3 Å². The Morgan fingerprint density at radius 2 is 2.06 bits per heavy atom. The van der Waals surface area contributed by atoms with E-state index < -0.39 is 0 Å². The SMILES string of the molecule is CCC(NC)c1ccc(-c2ccc(C)cc2Br)o1. The zero-order chi connectivity index (χ0) is 13.1. The van der Waals surface area contributed by atoms with Crippen molar-refractivity contribution in [2.24, 2.45) is 0 Å². The third kappa shape index (κ3) is 2.68. The van der Waals surface area contributed by atoms with Gasteiger partial charge in [-0.2, -0.15) is 0 Å². The van der Waals surface area contributed by atoms with Gasteiger partial charge in [-0.25, -0.2) is 0 Å². The highest BCUT2D eigenvalue weighted by molar-refractivity contribution is 9.10. The van der Waals surface area contributed by atoms with Crippen molar-refractivity contribution < 1.29 is 4.42 Å². The van der Waals surface area contributed by atoms with E-state index in [1.54, 1.807) is 0 Å². The lowest BCUT2D eigenvalue weighted by molar-refractivity contribution is 0.431. The summed E-state index contributed by atoms with van der Waals surface area (Å²) in [6.07, 6.45) is 1.01. The fraction of sp³-hybridized carbons (Fsp3) is 0.333. The van der Waals surface area contributed by atoms with Crippen LogP contribution in [0.15, 0.2) is 39.2 Å². The molecule has 0 aliphatic heterocycles. The summed E-state index contributed by atoms with van der Waals surface area (Å²) in [5.74, 6) is 1.90. The van der Waals surface area contributed by atoms with Gasteiger partial charge in [0.1, 0.15) is 11.5 Å². The van der Waals surface area contributed by atoms with E-state index in [-0.39, 0.29) is 6.04 Å². The van der Waals surface area contributed by atoms with Crippen LogP contribution in [0.25, 0.3) is 11.3 Å². The van der Waals surface area contributed by atoms with E-state index in [4.69, 9.17) is 4.42 Å². The molecule has 2 nitrogen and oxygen atoms in total. The third-order valence-corrected chi connectivity index (χ3v) is 3.77. The molecule has 2 rings (SSSR count). The first-order valence-electron chi connectivity index (χ1n) is 6.19. The molecule has 1 aromatic carbocycles. The summed E-state index contributed by atoms with van der Waals surface area (Å²) in [4.78, 5) is 0. The highest BCUT2D eigenvalue weighted by atomic mass is 79.9. The van der Waals surface area contributed by atoms with Crippen LogP contribution in [0.2, 0.25) is 0 Å². The van der Waals surface area contributed by atoms with Crippen molar-refractivity contribution in [3.05, 3.63) is 46.1 Å². The maximum absolute atomic E-state index is 5.94. The smallest absolute Gasteiger partial charge is 0.135 e. The number of halogens is 1. The molecule has 0 aliphatic rings. The van der Waals surface area contributed by atoms with Gasteiger partial charge in [-0.05, 0) is 50.2 Å². The maximum Gasteiger partial charge on any atom is 0.135 e. The second-order valence-electron chi connectivity index (χ2n) is 4.43. The summed E-state index contributed by atoms with van der Waals surface area (Å²) >= 11 is 3.59. The average Bonchev–Trinajstić information content (AvgIpc) is 2.80. The van der Waals surface area contributed by atoms with E-state index >= 15 is 0 Å². The van der Waals surface area contributed by atoms with E-state index in [1.165, 1.54) is 5.56 Å². The summed E-state index contributed by atoms with van der Waals surface area (Å²) in [6, 6.07) is 10.6. The fourth-order valence-corrected chi connectivity index (χ4v) is 2.74. The molecule has 0 saturated carbocycles. The number of hydrogen-bond acceptors (Lipinski definition) is 2. The number of hydrogen-bond donors (Lipinski definition) is 1. The van der Waals surface area contributed by atoms with Crippen molar-refractivity contribution in [1.29, 1.82) is 0 Å². The van der Waals surface area contributed by atoms with Gasteiger partial charge in [0, 0.05) is 10.0 Å². The Bertz CT molecular complexity index is 529. The van der Waals surface area contributed by atoms with Crippen LogP contribution in [0.5, 0.6) is 0 Å². The van der Waals surface area contributed by atoms with Gasteiger partial charge in [-0.3, -0.25) is 0 Å². The number of nitrogens with one attached hydrogen (secondary N) is 1. The lowest BCUT2D eigenvalue weighted by Gasteiger charge is -2.10. The van der Waals surface area contributed by atoms with Crippen LogP contribution in [-0.4, -0.2) is 7.05 Å². The molecule has 1 aromatic heterocycles. The summed E-state index contributed by atoms with van der Waals surface area (Å²) in [5, 5.41) is 3.25. The van der Waals surface area contributed by atoms with Gasteiger partial charge >= 0.3 is 0 Å². The van der Waals surface area contributed by atoms with Crippen LogP contribution < -0.4 is 5.32 Å². The molecule has 1 unspecified atom stereocenters. The molecule has 0 amide bonds. The van der Waals surface area contributed by atoms with Gasteiger partial charge in [0.25, 0.3) is 0 Å². The van der Waals surface area contributed by atoms with Crippen LogP contribution in [0.3, 0.4) is 0 Å². The highest BCUT2D eigenvalue weighted by Crippen LogP contribution is 2.32. The van der Waals surface area contributed by atoms with Crippen LogP contribution in [-0.2, 0) is 0 Å². The molecule has 96 valence electrons.